The number of halogens is 3. The number of aromatic nitrogens is 1. The number of hydrogen-bond acceptors (Lipinski definition) is 3. The average molecular weight is 234 g/mol. The van der Waals surface area contributed by atoms with E-state index < -0.39 is 17.6 Å². The maximum Gasteiger partial charge on any atom is 0.251 e. The molecule has 16 heavy (non-hydrogen) atoms. The van der Waals surface area contributed by atoms with E-state index >= 15 is 0 Å². The highest BCUT2D eigenvalue weighted by Crippen LogP contribution is 2.14. The van der Waals surface area contributed by atoms with Crippen molar-refractivity contribution in [1.29, 1.82) is 0 Å². The molecule has 0 amide bonds. The lowest BCUT2D eigenvalue weighted by atomic mass is 10.3. The van der Waals surface area contributed by atoms with E-state index in [9.17, 15) is 13.2 Å². The third-order valence-corrected chi connectivity index (χ3v) is 1.95. The summed E-state index contributed by atoms with van der Waals surface area (Å²) in [5.41, 5.74) is 0. The van der Waals surface area contributed by atoms with Gasteiger partial charge in [-0.2, -0.15) is 9.37 Å². The lowest BCUT2D eigenvalue weighted by Gasteiger charge is -2.06. The minimum absolute atomic E-state index is 0.267. The Morgan fingerprint density at radius 2 is 2.00 bits per heavy atom. The molecule has 0 radical (unpaired) electrons. The molecule has 0 unspecified atom stereocenters. The van der Waals surface area contributed by atoms with Crippen molar-refractivity contribution in [2.45, 2.75) is 12.8 Å². The lowest BCUT2D eigenvalue weighted by Crippen LogP contribution is -2.08. The standard InChI is InChI=1S/C10H13F3N2O/c1-16-5-3-2-4-14-10-8(12)6-7(11)9(13)15-10/h6H,2-5H2,1H3,(H,14,15). The van der Waals surface area contributed by atoms with Crippen molar-refractivity contribution in [3.8, 4) is 0 Å². The Morgan fingerprint density at radius 3 is 2.69 bits per heavy atom. The number of nitrogens with one attached hydrogen (secondary N) is 1. The zero-order valence-corrected chi connectivity index (χ0v) is 8.90. The second-order valence-electron chi connectivity index (χ2n) is 3.22. The smallest absolute Gasteiger partial charge is 0.251 e. The van der Waals surface area contributed by atoms with Crippen molar-refractivity contribution in [2.75, 3.05) is 25.6 Å². The Labute approximate surface area is 91.6 Å². The molecule has 1 rings (SSSR count). The first-order chi connectivity index (χ1) is 7.65. The van der Waals surface area contributed by atoms with Gasteiger partial charge >= 0.3 is 0 Å². The summed E-state index contributed by atoms with van der Waals surface area (Å²) in [7, 11) is 1.59. The number of unbranched alkanes of at least 4 members (excludes halogenated alkanes) is 1. The van der Waals surface area contributed by atoms with Crippen LogP contribution in [-0.4, -0.2) is 25.2 Å². The number of ether oxygens (including phenoxy) is 1. The SMILES string of the molecule is COCCCCNc1nc(F)c(F)cc1F. The Bertz CT molecular complexity index is 347. The molecule has 0 aromatic carbocycles. The second kappa shape index (κ2) is 6.32. The molecule has 1 heterocycles. The Balaban J connectivity index is 2.45. The first kappa shape index (κ1) is 12.8. The van der Waals surface area contributed by atoms with E-state index in [0.717, 1.165) is 12.8 Å². The zero-order valence-electron chi connectivity index (χ0n) is 8.90. The normalized spacial score (nSPS) is 10.5. The number of pyridine rings is 1. The molecule has 0 bridgehead atoms. The topological polar surface area (TPSA) is 34.1 Å². The third kappa shape index (κ3) is 3.69. The Morgan fingerprint density at radius 1 is 1.25 bits per heavy atom. The monoisotopic (exact) mass is 234 g/mol. The first-order valence-corrected chi connectivity index (χ1v) is 4.89. The highest BCUT2D eigenvalue weighted by Gasteiger charge is 2.10. The number of nitrogens with zero attached hydrogens (tertiary/aromatic N) is 1. The summed E-state index contributed by atoms with van der Waals surface area (Å²) < 4.78 is 43.1. The van der Waals surface area contributed by atoms with Gasteiger partial charge in [-0.05, 0) is 12.8 Å². The van der Waals surface area contributed by atoms with E-state index in [1.807, 2.05) is 0 Å². The summed E-state index contributed by atoms with van der Waals surface area (Å²) in [6.45, 7) is 1.04. The van der Waals surface area contributed by atoms with Gasteiger partial charge in [0.25, 0.3) is 5.95 Å². The molecule has 1 N–H and O–H groups in total. The Hall–Kier alpha value is -1.30. The van der Waals surface area contributed by atoms with Gasteiger partial charge < -0.3 is 10.1 Å². The van der Waals surface area contributed by atoms with Crippen LogP contribution >= 0.6 is 0 Å². The molecule has 90 valence electrons. The quantitative estimate of drug-likeness (QED) is 0.606. The second-order valence-corrected chi connectivity index (χ2v) is 3.22. The minimum atomic E-state index is -1.30. The summed E-state index contributed by atoms with van der Waals surface area (Å²) in [5, 5.41) is 2.59. The number of rotatable bonds is 6. The molecule has 3 nitrogen and oxygen atoms in total. The van der Waals surface area contributed by atoms with Gasteiger partial charge in [-0.1, -0.05) is 0 Å². The van der Waals surface area contributed by atoms with E-state index in [-0.39, 0.29) is 5.82 Å². The van der Waals surface area contributed by atoms with Crippen molar-refractivity contribution >= 4 is 5.82 Å². The fraction of sp³-hybridized carbons (Fsp3) is 0.500. The molecule has 0 spiro atoms. The van der Waals surface area contributed by atoms with Crippen LogP contribution in [0.4, 0.5) is 19.0 Å². The van der Waals surface area contributed by atoms with Gasteiger partial charge in [-0.3, -0.25) is 0 Å². The minimum Gasteiger partial charge on any atom is -0.385 e. The molecule has 0 saturated carbocycles. The van der Waals surface area contributed by atoms with Gasteiger partial charge in [0.1, 0.15) is 0 Å². The fourth-order valence-corrected chi connectivity index (χ4v) is 1.15. The molecule has 1 aromatic heterocycles. The molecule has 0 aliphatic rings. The van der Waals surface area contributed by atoms with Gasteiger partial charge in [0, 0.05) is 26.3 Å². The molecule has 0 atom stereocenters. The molecule has 0 saturated heterocycles. The number of methoxy groups -OCH3 is 1. The van der Waals surface area contributed by atoms with Crippen LogP contribution in [0.25, 0.3) is 0 Å². The third-order valence-electron chi connectivity index (χ3n) is 1.95. The van der Waals surface area contributed by atoms with Crippen molar-refractivity contribution in [3.63, 3.8) is 0 Å². The predicted molar refractivity (Wildman–Crippen MR) is 53.7 cm³/mol. The van der Waals surface area contributed by atoms with E-state index in [1.165, 1.54) is 0 Å². The van der Waals surface area contributed by atoms with Crippen LogP contribution in [0.1, 0.15) is 12.8 Å². The summed E-state index contributed by atoms with van der Waals surface area (Å²) in [5.74, 6) is -3.76. The van der Waals surface area contributed by atoms with Crippen LogP contribution in [0.5, 0.6) is 0 Å². The van der Waals surface area contributed by atoms with Crippen molar-refractivity contribution in [3.05, 3.63) is 23.6 Å². The number of anilines is 1. The molecule has 6 heteroatoms. The maximum absolute atomic E-state index is 13.0. The van der Waals surface area contributed by atoms with Gasteiger partial charge in [0.15, 0.2) is 17.5 Å². The molecular formula is C10H13F3N2O. The lowest BCUT2D eigenvalue weighted by molar-refractivity contribution is 0.193. The molecule has 1 aromatic rings. The summed E-state index contributed by atoms with van der Waals surface area (Å²) in [6, 6.07) is 0.472. The fourth-order valence-electron chi connectivity index (χ4n) is 1.15. The van der Waals surface area contributed by atoms with Gasteiger partial charge in [0.05, 0.1) is 0 Å². The first-order valence-electron chi connectivity index (χ1n) is 4.89. The Kier molecular flexibility index (Phi) is 5.04. The molecule has 0 aliphatic carbocycles. The van der Waals surface area contributed by atoms with E-state index in [2.05, 4.69) is 10.3 Å². The summed E-state index contributed by atoms with van der Waals surface area (Å²) in [6.07, 6.45) is 1.53. The van der Waals surface area contributed by atoms with E-state index in [1.54, 1.807) is 7.11 Å². The summed E-state index contributed by atoms with van der Waals surface area (Å²) in [4.78, 5) is 3.13. The van der Waals surface area contributed by atoms with Gasteiger partial charge in [0.2, 0.25) is 0 Å². The van der Waals surface area contributed by atoms with Crippen LogP contribution in [0.2, 0.25) is 0 Å². The van der Waals surface area contributed by atoms with Gasteiger partial charge in [-0.15, -0.1) is 0 Å². The molecular weight excluding hydrogens is 221 g/mol. The van der Waals surface area contributed by atoms with E-state index in [0.29, 0.717) is 19.2 Å². The largest absolute Gasteiger partial charge is 0.385 e. The van der Waals surface area contributed by atoms with Crippen LogP contribution in [0, 0.1) is 17.6 Å². The van der Waals surface area contributed by atoms with Crippen molar-refractivity contribution < 1.29 is 17.9 Å². The zero-order chi connectivity index (χ0) is 12.0. The maximum atomic E-state index is 13.0. The van der Waals surface area contributed by atoms with Gasteiger partial charge in [-0.25, -0.2) is 8.78 Å². The van der Waals surface area contributed by atoms with Crippen molar-refractivity contribution in [1.82, 2.24) is 4.98 Å². The summed E-state index contributed by atoms with van der Waals surface area (Å²) >= 11 is 0. The highest BCUT2D eigenvalue weighted by molar-refractivity contribution is 5.35. The van der Waals surface area contributed by atoms with Crippen LogP contribution in [0.3, 0.4) is 0 Å². The highest BCUT2D eigenvalue weighted by atomic mass is 19.2. The van der Waals surface area contributed by atoms with E-state index in [4.69, 9.17) is 4.74 Å². The van der Waals surface area contributed by atoms with Crippen LogP contribution in [0.15, 0.2) is 6.07 Å². The van der Waals surface area contributed by atoms with Crippen molar-refractivity contribution in [2.24, 2.45) is 0 Å². The van der Waals surface area contributed by atoms with Crippen LogP contribution < -0.4 is 5.32 Å². The molecule has 0 aliphatic heterocycles. The van der Waals surface area contributed by atoms with Crippen LogP contribution in [-0.2, 0) is 4.74 Å². The average Bonchev–Trinajstić information content (AvgIpc) is 2.25. The predicted octanol–water partition coefficient (Wildman–Crippen LogP) is 2.34. The number of hydrogen-bond donors (Lipinski definition) is 1. The molecule has 0 fully saturated rings.